The number of aryl methyl sites for hydroxylation is 1. The first kappa shape index (κ1) is 21.4. The molecule has 0 unspecified atom stereocenters. The van der Waals surface area contributed by atoms with E-state index in [2.05, 4.69) is 9.98 Å². The van der Waals surface area contributed by atoms with Crippen LogP contribution in [0.15, 0.2) is 82.2 Å². The van der Waals surface area contributed by atoms with Crippen molar-refractivity contribution in [1.29, 1.82) is 0 Å². The van der Waals surface area contributed by atoms with Crippen LogP contribution in [0, 0.1) is 6.92 Å². The molecule has 33 heavy (non-hydrogen) atoms. The third-order valence-electron chi connectivity index (χ3n) is 5.52. The van der Waals surface area contributed by atoms with Gasteiger partial charge in [-0.05, 0) is 49.4 Å². The summed E-state index contributed by atoms with van der Waals surface area (Å²) in [7, 11) is 0. The van der Waals surface area contributed by atoms with Crippen molar-refractivity contribution in [3.63, 3.8) is 0 Å². The zero-order valence-corrected chi connectivity index (χ0v) is 19.3. The lowest BCUT2D eigenvalue weighted by atomic mass is 10.00. The van der Waals surface area contributed by atoms with Gasteiger partial charge in [-0.2, -0.15) is 0 Å². The van der Waals surface area contributed by atoms with E-state index in [4.69, 9.17) is 27.6 Å². The van der Waals surface area contributed by atoms with Crippen LogP contribution in [0.4, 0.5) is 5.69 Å². The van der Waals surface area contributed by atoms with Crippen LogP contribution in [-0.4, -0.2) is 23.1 Å². The van der Waals surface area contributed by atoms with E-state index in [-0.39, 0.29) is 19.0 Å². The van der Waals surface area contributed by atoms with E-state index in [0.717, 1.165) is 28.1 Å². The molecule has 7 heteroatoms. The van der Waals surface area contributed by atoms with E-state index in [9.17, 15) is 4.79 Å². The van der Waals surface area contributed by atoms with Crippen LogP contribution in [0.2, 0.25) is 10.0 Å². The fourth-order valence-electron chi connectivity index (χ4n) is 3.84. The highest BCUT2D eigenvalue weighted by Crippen LogP contribution is 2.32. The van der Waals surface area contributed by atoms with Crippen LogP contribution >= 0.6 is 23.2 Å². The fourth-order valence-corrected chi connectivity index (χ4v) is 4.14. The summed E-state index contributed by atoms with van der Waals surface area (Å²) >= 11 is 12.3. The van der Waals surface area contributed by atoms with Crippen LogP contribution in [0.1, 0.15) is 22.6 Å². The maximum Gasteiger partial charge on any atom is 0.249 e. The molecule has 5 nitrogen and oxygen atoms in total. The number of halogens is 2. The summed E-state index contributed by atoms with van der Waals surface area (Å²) in [6.07, 6.45) is 0. The molecule has 0 fully saturated rings. The molecule has 3 aromatic carbocycles. The minimum atomic E-state index is -0.125. The van der Waals surface area contributed by atoms with Crippen LogP contribution in [0.5, 0.6) is 0 Å². The SMILES string of the molecule is Cc1oc(-c2ccc(Cl)cc2)nc1CN1C(=O)CN=C(c2ccccc2)c2cc(Cl)ccc21. The molecule has 5 rings (SSSR count). The largest absolute Gasteiger partial charge is 0.441 e. The fraction of sp³-hybridized carbons (Fsp3) is 0.115. The van der Waals surface area contributed by atoms with Gasteiger partial charge in [0.2, 0.25) is 11.8 Å². The van der Waals surface area contributed by atoms with Crippen LogP contribution < -0.4 is 4.90 Å². The first-order chi connectivity index (χ1) is 16.0. The summed E-state index contributed by atoms with van der Waals surface area (Å²) in [6.45, 7) is 2.13. The monoisotopic (exact) mass is 475 g/mol. The molecular weight excluding hydrogens is 457 g/mol. The lowest BCUT2D eigenvalue weighted by Crippen LogP contribution is -2.32. The molecule has 1 aliphatic heterocycles. The predicted molar refractivity (Wildman–Crippen MR) is 131 cm³/mol. The van der Waals surface area contributed by atoms with Gasteiger partial charge in [-0.3, -0.25) is 9.79 Å². The number of benzene rings is 3. The smallest absolute Gasteiger partial charge is 0.249 e. The van der Waals surface area contributed by atoms with Gasteiger partial charge in [0.05, 0.1) is 17.9 Å². The summed E-state index contributed by atoms with van der Waals surface area (Å²) in [6, 6.07) is 22.6. The third-order valence-corrected chi connectivity index (χ3v) is 6.00. The number of benzodiazepines with no additional fused rings is 1. The molecule has 2 heterocycles. The Morgan fingerprint density at radius 2 is 1.67 bits per heavy atom. The van der Waals surface area contributed by atoms with Crippen molar-refractivity contribution in [1.82, 2.24) is 4.98 Å². The average Bonchev–Trinajstić information content (AvgIpc) is 3.12. The molecule has 4 aromatic rings. The minimum Gasteiger partial charge on any atom is -0.441 e. The quantitative estimate of drug-likeness (QED) is 0.345. The number of hydrogen-bond donors (Lipinski definition) is 0. The highest BCUT2D eigenvalue weighted by molar-refractivity contribution is 6.32. The molecule has 1 aromatic heterocycles. The maximum atomic E-state index is 13.2. The van der Waals surface area contributed by atoms with Crippen LogP contribution in [0.25, 0.3) is 11.5 Å². The molecule has 0 N–H and O–H groups in total. The third kappa shape index (κ3) is 4.30. The molecular formula is C26H19Cl2N3O2. The van der Waals surface area contributed by atoms with Crippen molar-refractivity contribution in [2.24, 2.45) is 4.99 Å². The maximum absolute atomic E-state index is 13.2. The lowest BCUT2D eigenvalue weighted by molar-refractivity contribution is -0.117. The van der Waals surface area contributed by atoms with Crippen molar-refractivity contribution in [3.05, 3.63) is 105 Å². The van der Waals surface area contributed by atoms with Crippen molar-refractivity contribution in [2.45, 2.75) is 13.5 Å². The van der Waals surface area contributed by atoms with Crippen molar-refractivity contribution in [3.8, 4) is 11.5 Å². The Kier molecular flexibility index (Phi) is 5.75. The van der Waals surface area contributed by atoms with E-state index in [1.807, 2.05) is 61.5 Å². The summed E-state index contributed by atoms with van der Waals surface area (Å²) in [5.41, 5.74) is 4.70. The standard InChI is InChI=1S/C26H19Cl2N3O2/c1-16-22(30-26(33-16)18-7-9-19(27)10-8-18)15-31-23-12-11-20(28)13-21(23)25(29-14-24(31)32)17-5-3-2-4-6-17/h2-13H,14-15H2,1H3. The molecule has 1 amide bonds. The van der Waals surface area contributed by atoms with Crippen LogP contribution in [0.3, 0.4) is 0 Å². The first-order valence-electron chi connectivity index (χ1n) is 10.4. The Bertz CT molecular complexity index is 1360. The van der Waals surface area contributed by atoms with Gasteiger partial charge >= 0.3 is 0 Å². The molecule has 0 bridgehead atoms. The Hall–Kier alpha value is -3.41. The molecule has 0 atom stereocenters. The Labute approximate surface area is 201 Å². The second-order valence-corrected chi connectivity index (χ2v) is 8.57. The van der Waals surface area contributed by atoms with Gasteiger partial charge in [-0.1, -0.05) is 53.5 Å². The number of fused-ring (bicyclic) bond motifs is 1. The number of aromatic nitrogens is 1. The minimum absolute atomic E-state index is 0.0253. The van der Waals surface area contributed by atoms with Crippen molar-refractivity contribution >= 4 is 40.5 Å². The van der Waals surface area contributed by atoms with E-state index in [1.54, 1.807) is 23.1 Å². The Morgan fingerprint density at radius 3 is 2.42 bits per heavy atom. The number of rotatable bonds is 4. The number of carbonyl (C=O) groups excluding carboxylic acids is 1. The predicted octanol–water partition coefficient (Wildman–Crippen LogP) is 6.34. The van der Waals surface area contributed by atoms with E-state index >= 15 is 0 Å². The number of aliphatic imine (C=N–C) groups is 1. The average molecular weight is 476 g/mol. The number of hydrogen-bond acceptors (Lipinski definition) is 4. The number of carbonyl (C=O) groups is 1. The number of anilines is 1. The van der Waals surface area contributed by atoms with Gasteiger partial charge in [0.25, 0.3) is 0 Å². The number of oxazole rings is 1. The van der Waals surface area contributed by atoms with Gasteiger partial charge < -0.3 is 9.32 Å². The van der Waals surface area contributed by atoms with E-state index < -0.39 is 0 Å². The van der Waals surface area contributed by atoms with Crippen molar-refractivity contribution < 1.29 is 9.21 Å². The summed E-state index contributed by atoms with van der Waals surface area (Å²) in [4.78, 5) is 24.2. The summed E-state index contributed by atoms with van der Waals surface area (Å²) < 4.78 is 5.90. The molecule has 1 aliphatic rings. The normalized spacial score (nSPS) is 13.5. The van der Waals surface area contributed by atoms with Gasteiger partial charge in [0, 0.05) is 26.7 Å². The first-order valence-corrected chi connectivity index (χ1v) is 11.2. The Balaban J connectivity index is 1.54. The Morgan fingerprint density at radius 1 is 0.939 bits per heavy atom. The molecule has 0 saturated heterocycles. The van der Waals surface area contributed by atoms with E-state index in [1.165, 1.54) is 0 Å². The molecule has 0 spiro atoms. The highest BCUT2D eigenvalue weighted by atomic mass is 35.5. The second kappa shape index (κ2) is 8.85. The second-order valence-electron chi connectivity index (χ2n) is 7.70. The van der Waals surface area contributed by atoms with Crippen molar-refractivity contribution in [2.75, 3.05) is 11.4 Å². The molecule has 0 saturated carbocycles. The van der Waals surface area contributed by atoms with Crippen LogP contribution in [-0.2, 0) is 11.3 Å². The van der Waals surface area contributed by atoms with Gasteiger partial charge in [-0.25, -0.2) is 4.98 Å². The molecule has 164 valence electrons. The lowest BCUT2D eigenvalue weighted by Gasteiger charge is -2.22. The zero-order valence-electron chi connectivity index (χ0n) is 17.8. The summed E-state index contributed by atoms with van der Waals surface area (Å²) in [5, 5.41) is 1.22. The number of amides is 1. The molecule has 0 radical (unpaired) electrons. The van der Waals surface area contributed by atoms with Gasteiger partial charge in [0.15, 0.2) is 0 Å². The zero-order chi connectivity index (χ0) is 22.9. The highest BCUT2D eigenvalue weighted by Gasteiger charge is 2.27. The summed E-state index contributed by atoms with van der Waals surface area (Å²) in [5.74, 6) is 1.01. The van der Waals surface area contributed by atoms with Gasteiger partial charge in [0.1, 0.15) is 18.0 Å². The molecule has 0 aliphatic carbocycles. The van der Waals surface area contributed by atoms with E-state index in [0.29, 0.717) is 27.4 Å². The topological polar surface area (TPSA) is 58.7 Å². The van der Waals surface area contributed by atoms with Gasteiger partial charge in [-0.15, -0.1) is 0 Å². The number of nitrogens with zero attached hydrogens (tertiary/aromatic N) is 3.